The van der Waals surface area contributed by atoms with Crippen molar-refractivity contribution in [3.8, 4) is 0 Å². The van der Waals surface area contributed by atoms with Crippen molar-refractivity contribution in [2.45, 2.75) is 27.3 Å². The van der Waals surface area contributed by atoms with Gasteiger partial charge >= 0.3 is 0 Å². The predicted molar refractivity (Wildman–Crippen MR) is 93.1 cm³/mol. The molecule has 6 nitrogen and oxygen atoms in total. The molecule has 0 aliphatic carbocycles. The Balaban J connectivity index is 1.86. The fourth-order valence-corrected chi connectivity index (χ4v) is 2.82. The van der Waals surface area contributed by atoms with Gasteiger partial charge in [-0.15, -0.1) is 0 Å². The minimum Gasteiger partial charge on any atom is -0.317 e. The number of hydrogen-bond acceptors (Lipinski definition) is 3. The number of carbonyl (C=O) groups is 1. The summed E-state index contributed by atoms with van der Waals surface area (Å²) in [5.41, 5.74) is 3.89. The van der Waals surface area contributed by atoms with Crippen molar-refractivity contribution in [2.75, 3.05) is 5.32 Å². The van der Waals surface area contributed by atoms with Crippen LogP contribution >= 0.6 is 0 Å². The maximum Gasteiger partial charge on any atom is 0.274 e. The molecule has 1 aromatic carbocycles. The molecule has 2 aromatic heterocycles. The van der Waals surface area contributed by atoms with Crippen LogP contribution in [0.3, 0.4) is 0 Å². The normalized spacial score (nSPS) is 10.9. The number of hydrogen-bond donors (Lipinski definition) is 1. The quantitative estimate of drug-likeness (QED) is 0.793. The van der Waals surface area contributed by atoms with Crippen LogP contribution in [0, 0.1) is 26.6 Å². The highest BCUT2D eigenvalue weighted by Gasteiger charge is 2.18. The molecule has 2 heterocycles. The number of nitrogens with zero attached hydrogens (tertiary/aromatic N) is 4. The summed E-state index contributed by atoms with van der Waals surface area (Å²) in [7, 11) is 1.73. The minimum absolute atomic E-state index is 0.250. The first-order valence-corrected chi connectivity index (χ1v) is 7.96. The Hall–Kier alpha value is -2.96. The Labute approximate surface area is 145 Å². The lowest BCUT2D eigenvalue weighted by molar-refractivity contribution is 0.101. The Morgan fingerprint density at radius 2 is 1.92 bits per heavy atom. The molecule has 0 aliphatic rings. The molecule has 25 heavy (non-hydrogen) atoms. The zero-order chi connectivity index (χ0) is 18.1. The fraction of sp³-hybridized carbons (Fsp3) is 0.278. The summed E-state index contributed by atoms with van der Waals surface area (Å²) in [5, 5.41) is 11.5. The molecule has 0 bridgehead atoms. The minimum atomic E-state index is -0.272. The third-order valence-electron chi connectivity index (χ3n) is 4.13. The highest BCUT2D eigenvalue weighted by molar-refractivity contribution is 6.03. The molecule has 3 aromatic rings. The van der Waals surface area contributed by atoms with Crippen molar-refractivity contribution in [3.05, 3.63) is 64.5 Å². The summed E-state index contributed by atoms with van der Waals surface area (Å²) >= 11 is 0. The van der Waals surface area contributed by atoms with Crippen molar-refractivity contribution in [1.82, 2.24) is 19.6 Å². The molecule has 130 valence electrons. The van der Waals surface area contributed by atoms with Crippen molar-refractivity contribution < 1.29 is 9.18 Å². The van der Waals surface area contributed by atoms with E-state index >= 15 is 0 Å². The van der Waals surface area contributed by atoms with Crippen LogP contribution in [0.2, 0.25) is 0 Å². The van der Waals surface area contributed by atoms with Crippen LogP contribution in [-0.4, -0.2) is 25.5 Å². The second-order valence-electron chi connectivity index (χ2n) is 6.04. The molecule has 7 heteroatoms. The summed E-state index contributed by atoms with van der Waals surface area (Å²) in [6.45, 7) is 5.81. The van der Waals surface area contributed by atoms with Crippen molar-refractivity contribution in [2.24, 2.45) is 7.05 Å². The molecule has 0 unspecified atom stereocenters. The standard InChI is InChI=1S/C18H20FN5O/c1-11-9-16(23(4)21-11)18(25)20-17-12(2)22-24(13(17)3)10-14-7-5-6-8-15(14)19/h5-9H,10H2,1-4H3,(H,20,25). The topological polar surface area (TPSA) is 64.7 Å². The van der Waals surface area contributed by atoms with Crippen molar-refractivity contribution >= 4 is 11.6 Å². The first-order chi connectivity index (χ1) is 11.9. The first-order valence-electron chi connectivity index (χ1n) is 7.96. The third kappa shape index (κ3) is 3.31. The van der Waals surface area contributed by atoms with E-state index < -0.39 is 0 Å². The maximum atomic E-state index is 13.9. The molecule has 3 rings (SSSR count). The average molecular weight is 341 g/mol. The summed E-state index contributed by atoms with van der Waals surface area (Å²) in [6, 6.07) is 8.32. The lowest BCUT2D eigenvalue weighted by Crippen LogP contribution is -2.17. The summed E-state index contributed by atoms with van der Waals surface area (Å²) in [4.78, 5) is 12.5. The largest absolute Gasteiger partial charge is 0.317 e. The number of aromatic nitrogens is 4. The van der Waals surface area contributed by atoms with Gasteiger partial charge in [-0.2, -0.15) is 10.2 Å². The van der Waals surface area contributed by atoms with Gasteiger partial charge in [0.05, 0.1) is 29.3 Å². The van der Waals surface area contributed by atoms with Gasteiger partial charge < -0.3 is 5.32 Å². The Bertz CT molecular complexity index is 941. The van der Waals surface area contributed by atoms with E-state index in [1.807, 2.05) is 20.8 Å². The molecule has 0 aliphatic heterocycles. The van der Waals surface area contributed by atoms with Crippen molar-refractivity contribution in [3.63, 3.8) is 0 Å². The summed E-state index contributed by atoms with van der Waals surface area (Å²) in [5.74, 6) is -0.522. The van der Waals surface area contributed by atoms with E-state index in [-0.39, 0.29) is 11.7 Å². The molecule has 0 atom stereocenters. The van der Waals surface area contributed by atoms with Crippen LogP contribution in [0.15, 0.2) is 30.3 Å². The molecular weight excluding hydrogens is 321 g/mol. The maximum absolute atomic E-state index is 13.9. The smallest absolute Gasteiger partial charge is 0.274 e. The Morgan fingerprint density at radius 3 is 2.56 bits per heavy atom. The fourth-order valence-electron chi connectivity index (χ4n) is 2.82. The monoisotopic (exact) mass is 341 g/mol. The highest BCUT2D eigenvalue weighted by Crippen LogP contribution is 2.22. The highest BCUT2D eigenvalue weighted by atomic mass is 19.1. The van der Waals surface area contributed by atoms with Gasteiger partial charge in [0.2, 0.25) is 0 Å². The average Bonchev–Trinajstić information content (AvgIpc) is 3.03. The number of amides is 1. The van der Waals surface area contributed by atoms with E-state index in [2.05, 4.69) is 15.5 Å². The lowest BCUT2D eigenvalue weighted by atomic mass is 10.2. The molecule has 1 N–H and O–H groups in total. The second kappa shape index (κ2) is 6.51. The second-order valence-corrected chi connectivity index (χ2v) is 6.04. The number of halogens is 1. The van der Waals surface area contributed by atoms with Gasteiger partial charge in [0.1, 0.15) is 11.5 Å². The van der Waals surface area contributed by atoms with Crippen LogP contribution in [0.5, 0.6) is 0 Å². The molecular formula is C18H20FN5O. The Morgan fingerprint density at radius 1 is 1.20 bits per heavy atom. The van der Waals surface area contributed by atoms with Crippen LogP contribution in [0.25, 0.3) is 0 Å². The predicted octanol–water partition coefficient (Wildman–Crippen LogP) is 2.98. The number of carbonyl (C=O) groups excluding carboxylic acids is 1. The van der Waals surface area contributed by atoms with E-state index in [0.29, 0.717) is 29.2 Å². The molecule has 0 saturated carbocycles. The van der Waals surface area contributed by atoms with Gasteiger partial charge in [-0.05, 0) is 32.9 Å². The summed E-state index contributed by atoms with van der Waals surface area (Å²) < 4.78 is 17.1. The van der Waals surface area contributed by atoms with Crippen LogP contribution < -0.4 is 5.32 Å². The summed E-state index contributed by atoms with van der Waals surface area (Å²) in [6.07, 6.45) is 0. The molecule has 0 saturated heterocycles. The van der Waals surface area contributed by atoms with Gasteiger partial charge in [-0.3, -0.25) is 14.2 Å². The van der Waals surface area contributed by atoms with E-state index in [9.17, 15) is 9.18 Å². The lowest BCUT2D eigenvalue weighted by Gasteiger charge is -2.08. The zero-order valence-electron chi connectivity index (χ0n) is 14.7. The zero-order valence-corrected chi connectivity index (χ0v) is 14.7. The first kappa shape index (κ1) is 16.9. The number of rotatable bonds is 4. The van der Waals surface area contributed by atoms with E-state index in [1.165, 1.54) is 6.07 Å². The Kier molecular flexibility index (Phi) is 4.39. The third-order valence-corrected chi connectivity index (χ3v) is 4.13. The SMILES string of the molecule is Cc1cc(C(=O)Nc2c(C)nn(Cc3ccccc3F)c2C)n(C)n1. The van der Waals surface area contributed by atoms with Gasteiger partial charge in [0.15, 0.2) is 0 Å². The van der Waals surface area contributed by atoms with Gasteiger partial charge in [-0.25, -0.2) is 4.39 Å². The molecule has 0 spiro atoms. The van der Waals surface area contributed by atoms with Gasteiger partial charge in [0, 0.05) is 12.6 Å². The molecule has 0 fully saturated rings. The molecule has 0 radical (unpaired) electrons. The van der Waals surface area contributed by atoms with Gasteiger partial charge in [0.25, 0.3) is 5.91 Å². The van der Waals surface area contributed by atoms with E-state index in [1.54, 1.807) is 40.7 Å². The number of aryl methyl sites for hydroxylation is 3. The number of benzene rings is 1. The van der Waals surface area contributed by atoms with Crippen molar-refractivity contribution in [1.29, 1.82) is 0 Å². The van der Waals surface area contributed by atoms with Crippen LogP contribution in [-0.2, 0) is 13.6 Å². The molecule has 1 amide bonds. The number of nitrogens with one attached hydrogen (secondary N) is 1. The van der Waals surface area contributed by atoms with Gasteiger partial charge in [-0.1, -0.05) is 18.2 Å². The number of anilines is 1. The van der Waals surface area contributed by atoms with Crippen LogP contribution in [0.4, 0.5) is 10.1 Å². The van der Waals surface area contributed by atoms with E-state index in [4.69, 9.17) is 0 Å². The van der Waals surface area contributed by atoms with Crippen LogP contribution in [0.1, 0.15) is 33.1 Å². The van der Waals surface area contributed by atoms with E-state index in [0.717, 1.165) is 11.4 Å².